The zero-order valence-electron chi connectivity index (χ0n) is 29.9. The van der Waals surface area contributed by atoms with Crippen LogP contribution in [-0.4, -0.2) is 81.8 Å². The Morgan fingerprint density at radius 3 is 2.20 bits per heavy atom. The van der Waals surface area contributed by atoms with Gasteiger partial charge in [0.15, 0.2) is 11.5 Å². The lowest BCUT2D eigenvalue weighted by atomic mass is 9.80. The Morgan fingerprint density at radius 2 is 1.63 bits per heavy atom. The standard InChI is InChI=1S/C35H61N3O8/c1-23(2)26(19-25-14-15-30(44-10)31(20-25)45-18-12-17-43-9)21-28(38-34(42)46-35(5,6)7)29(39)22-27(24(3)4)33(41)37-16-11-13-32(40)36-8/h14-15,20,23-24,26-29,39H,11-13,16-19,21-22H2,1-10H3,(H,36,40)(H,37,41)(H,38,42)/t26-,27-,28-,29-/m0/s1. The van der Waals surface area contributed by atoms with E-state index in [0.29, 0.717) is 56.9 Å². The third-order valence-corrected chi connectivity index (χ3v) is 7.94. The zero-order chi connectivity index (χ0) is 34.9. The van der Waals surface area contributed by atoms with Gasteiger partial charge in [0, 0.05) is 46.1 Å². The summed E-state index contributed by atoms with van der Waals surface area (Å²) in [4.78, 5) is 37.7. The number of aliphatic hydroxyl groups is 1. The van der Waals surface area contributed by atoms with Crippen molar-refractivity contribution in [3.05, 3.63) is 23.8 Å². The van der Waals surface area contributed by atoms with E-state index in [-0.39, 0.29) is 36.0 Å². The molecule has 1 aromatic rings. The number of hydrogen-bond acceptors (Lipinski definition) is 8. The summed E-state index contributed by atoms with van der Waals surface area (Å²) in [5.74, 6) is 0.776. The first-order valence-corrected chi connectivity index (χ1v) is 16.6. The molecule has 1 rings (SSSR count). The van der Waals surface area contributed by atoms with Crippen molar-refractivity contribution >= 4 is 17.9 Å². The van der Waals surface area contributed by atoms with Gasteiger partial charge in [0.2, 0.25) is 11.8 Å². The van der Waals surface area contributed by atoms with Crippen LogP contribution in [0.2, 0.25) is 0 Å². The SMILES string of the molecule is CNC(=O)CCCNC(=O)[C@@H](C[C@H](O)[C@H](C[C@H](Cc1ccc(OC)c(OCCCOC)c1)C(C)C)NC(=O)OC(C)(C)C)C(C)C. The minimum absolute atomic E-state index is 0.0572. The Bertz CT molecular complexity index is 1060. The third kappa shape index (κ3) is 16.0. The summed E-state index contributed by atoms with van der Waals surface area (Å²) in [7, 11) is 4.85. The summed E-state index contributed by atoms with van der Waals surface area (Å²) >= 11 is 0. The number of hydrogen-bond donors (Lipinski definition) is 4. The molecule has 11 nitrogen and oxygen atoms in total. The molecule has 0 aromatic heterocycles. The second-order valence-corrected chi connectivity index (χ2v) is 13.6. The van der Waals surface area contributed by atoms with Crippen LogP contribution in [-0.2, 0) is 25.5 Å². The highest BCUT2D eigenvalue weighted by atomic mass is 16.6. The number of carbonyl (C=O) groups excluding carboxylic acids is 3. The molecule has 11 heteroatoms. The summed E-state index contributed by atoms with van der Waals surface area (Å²) in [6, 6.07) is 5.22. The summed E-state index contributed by atoms with van der Waals surface area (Å²) in [5.41, 5.74) is 0.331. The lowest BCUT2D eigenvalue weighted by Gasteiger charge is -2.33. The molecule has 0 radical (unpaired) electrons. The molecule has 0 saturated heterocycles. The first-order valence-electron chi connectivity index (χ1n) is 16.6. The molecule has 0 aliphatic heterocycles. The molecule has 46 heavy (non-hydrogen) atoms. The molecule has 264 valence electrons. The van der Waals surface area contributed by atoms with Crippen molar-refractivity contribution < 1.29 is 38.4 Å². The minimum atomic E-state index is -1.01. The lowest BCUT2D eigenvalue weighted by molar-refractivity contribution is -0.128. The number of benzene rings is 1. The zero-order valence-corrected chi connectivity index (χ0v) is 29.9. The fraction of sp³-hybridized carbons (Fsp3) is 0.743. The van der Waals surface area contributed by atoms with E-state index in [9.17, 15) is 19.5 Å². The molecule has 0 unspecified atom stereocenters. The van der Waals surface area contributed by atoms with Gasteiger partial charge >= 0.3 is 6.09 Å². The van der Waals surface area contributed by atoms with Crippen molar-refractivity contribution in [2.24, 2.45) is 23.7 Å². The van der Waals surface area contributed by atoms with Crippen molar-refractivity contribution in [3.63, 3.8) is 0 Å². The van der Waals surface area contributed by atoms with Crippen LogP contribution in [0.1, 0.15) is 86.1 Å². The van der Waals surface area contributed by atoms with Gasteiger partial charge in [-0.05, 0) is 81.9 Å². The van der Waals surface area contributed by atoms with E-state index in [1.807, 2.05) is 32.0 Å². The summed E-state index contributed by atoms with van der Waals surface area (Å²) < 4.78 is 22.2. The molecule has 1 aromatic carbocycles. The molecule has 0 fully saturated rings. The summed E-state index contributed by atoms with van der Waals surface area (Å²) in [5, 5.41) is 20.0. The second-order valence-electron chi connectivity index (χ2n) is 13.6. The van der Waals surface area contributed by atoms with Crippen LogP contribution in [0.3, 0.4) is 0 Å². The fourth-order valence-corrected chi connectivity index (χ4v) is 5.16. The molecule has 3 amide bonds. The average molecular weight is 652 g/mol. The monoisotopic (exact) mass is 651 g/mol. The number of methoxy groups -OCH3 is 2. The largest absolute Gasteiger partial charge is 0.493 e. The van der Waals surface area contributed by atoms with Crippen LogP contribution in [0.5, 0.6) is 11.5 Å². The maximum absolute atomic E-state index is 13.2. The van der Waals surface area contributed by atoms with E-state index in [2.05, 4.69) is 29.8 Å². The quantitative estimate of drug-likeness (QED) is 0.138. The van der Waals surface area contributed by atoms with E-state index in [4.69, 9.17) is 18.9 Å². The molecule has 4 atom stereocenters. The number of nitrogens with one attached hydrogen (secondary N) is 3. The Balaban J connectivity index is 3.18. The number of carbonyl (C=O) groups is 3. The highest BCUT2D eigenvalue weighted by Gasteiger charge is 2.33. The predicted octanol–water partition coefficient (Wildman–Crippen LogP) is 4.87. The molecule has 0 bridgehead atoms. The summed E-state index contributed by atoms with van der Waals surface area (Å²) in [6.07, 6.45) is 1.26. The number of rotatable bonds is 21. The molecule has 0 aliphatic carbocycles. The van der Waals surface area contributed by atoms with Crippen LogP contribution in [0, 0.1) is 23.7 Å². The van der Waals surface area contributed by atoms with Crippen LogP contribution >= 0.6 is 0 Å². The predicted molar refractivity (Wildman–Crippen MR) is 180 cm³/mol. The Hall–Kier alpha value is -3.05. The molecule has 0 saturated carbocycles. The van der Waals surface area contributed by atoms with E-state index in [1.165, 1.54) is 0 Å². The number of aliphatic hydroxyl groups excluding tert-OH is 1. The van der Waals surface area contributed by atoms with Crippen molar-refractivity contribution in [1.82, 2.24) is 16.0 Å². The molecular weight excluding hydrogens is 590 g/mol. The van der Waals surface area contributed by atoms with Gasteiger partial charge in [-0.2, -0.15) is 0 Å². The highest BCUT2D eigenvalue weighted by Crippen LogP contribution is 2.32. The normalized spacial score (nSPS) is 14.3. The topological polar surface area (TPSA) is 144 Å². The van der Waals surface area contributed by atoms with Gasteiger partial charge in [0.05, 0.1) is 25.9 Å². The lowest BCUT2D eigenvalue weighted by Crippen LogP contribution is -2.48. The van der Waals surface area contributed by atoms with Gasteiger partial charge < -0.3 is 40.0 Å². The molecular formula is C35H61N3O8. The van der Waals surface area contributed by atoms with Crippen molar-refractivity contribution in [2.45, 2.75) is 105 Å². The Morgan fingerprint density at radius 1 is 0.935 bits per heavy atom. The summed E-state index contributed by atoms with van der Waals surface area (Å²) in [6.45, 7) is 14.9. The van der Waals surface area contributed by atoms with Gasteiger partial charge in [-0.15, -0.1) is 0 Å². The van der Waals surface area contributed by atoms with Gasteiger partial charge in [0.1, 0.15) is 5.60 Å². The smallest absolute Gasteiger partial charge is 0.407 e. The average Bonchev–Trinajstić information content (AvgIpc) is 2.97. The Labute approximate surface area is 276 Å². The van der Waals surface area contributed by atoms with Crippen LogP contribution in [0.4, 0.5) is 4.79 Å². The van der Waals surface area contributed by atoms with Gasteiger partial charge in [-0.1, -0.05) is 33.8 Å². The van der Waals surface area contributed by atoms with E-state index < -0.39 is 29.8 Å². The molecule has 0 spiro atoms. The maximum Gasteiger partial charge on any atom is 0.407 e. The Kier molecular flexibility index (Phi) is 18.7. The number of amides is 3. The molecule has 0 heterocycles. The first kappa shape index (κ1) is 41.0. The minimum Gasteiger partial charge on any atom is -0.493 e. The first-order chi connectivity index (χ1) is 21.6. The maximum atomic E-state index is 13.2. The molecule has 4 N–H and O–H groups in total. The molecule has 0 aliphatic rings. The van der Waals surface area contributed by atoms with Crippen LogP contribution in [0.15, 0.2) is 18.2 Å². The van der Waals surface area contributed by atoms with E-state index in [0.717, 1.165) is 12.0 Å². The van der Waals surface area contributed by atoms with Gasteiger partial charge in [-0.3, -0.25) is 9.59 Å². The fourth-order valence-electron chi connectivity index (χ4n) is 5.16. The van der Waals surface area contributed by atoms with Crippen LogP contribution < -0.4 is 25.4 Å². The second kappa shape index (κ2) is 20.9. The number of ether oxygens (including phenoxy) is 4. The van der Waals surface area contributed by atoms with E-state index in [1.54, 1.807) is 42.0 Å². The van der Waals surface area contributed by atoms with Crippen molar-refractivity contribution in [1.29, 1.82) is 0 Å². The highest BCUT2D eigenvalue weighted by molar-refractivity contribution is 5.79. The van der Waals surface area contributed by atoms with E-state index >= 15 is 0 Å². The van der Waals surface area contributed by atoms with Crippen molar-refractivity contribution in [2.75, 3.05) is 41.0 Å². The third-order valence-electron chi connectivity index (χ3n) is 7.94. The van der Waals surface area contributed by atoms with Gasteiger partial charge in [0.25, 0.3) is 0 Å². The van der Waals surface area contributed by atoms with Crippen molar-refractivity contribution in [3.8, 4) is 11.5 Å². The van der Waals surface area contributed by atoms with Crippen LogP contribution in [0.25, 0.3) is 0 Å². The van der Waals surface area contributed by atoms with Gasteiger partial charge in [-0.25, -0.2) is 4.79 Å². The number of alkyl carbamates (subject to hydrolysis) is 1.